The second-order valence-corrected chi connectivity index (χ2v) is 24.8. The fraction of sp³-hybridized carbons (Fsp3) is 0.557. The number of imidazole rings is 1. The summed E-state index contributed by atoms with van der Waals surface area (Å²) in [7, 11) is 1.75. The second-order valence-electron chi connectivity index (χ2n) is 24.8. The van der Waals surface area contributed by atoms with Gasteiger partial charge in [-0.05, 0) is 186 Å². The number of piperidine rings is 4. The van der Waals surface area contributed by atoms with Gasteiger partial charge in [-0.25, -0.2) is 14.0 Å². The summed E-state index contributed by atoms with van der Waals surface area (Å²) >= 11 is 0. The fourth-order valence-electron chi connectivity index (χ4n) is 15.4. The maximum atomic E-state index is 15.2. The van der Waals surface area contributed by atoms with Crippen LogP contribution in [0, 0.1) is 11.2 Å². The van der Waals surface area contributed by atoms with Crippen molar-refractivity contribution in [1.29, 1.82) is 0 Å². The van der Waals surface area contributed by atoms with Crippen molar-refractivity contribution < 1.29 is 38.5 Å². The third kappa shape index (κ3) is 9.43. The van der Waals surface area contributed by atoms with Gasteiger partial charge >= 0.3 is 17.8 Å². The molecule has 80 heavy (non-hydrogen) atoms. The summed E-state index contributed by atoms with van der Waals surface area (Å²) in [5.74, 6) is 0.0375. The number of fused-ring (bicyclic) bond motifs is 4. The third-order valence-electron chi connectivity index (χ3n) is 19.8. The first kappa shape index (κ1) is 52.7. The molecule has 1 saturated carbocycles. The Morgan fingerprint density at radius 2 is 1.69 bits per heavy atom. The van der Waals surface area contributed by atoms with Crippen LogP contribution >= 0.6 is 0 Å². The number of amides is 3. The number of benzene rings is 3. The smallest absolute Gasteiger partial charge is 0.409 e. The number of rotatable bonds is 11. The lowest BCUT2D eigenvalue weighted by molar-refractivity contribution is -0.135. The number of carbonyl (C=O) groups excluding carboxylic acids is 3. The molecular formula is C61H73FN10O8. The lowest BCUT2D eigenvalue weighted by Crippen LogP contribution is -2.56. The van der Waals surface area contributed by atoms with Crippen LogP contribution in [0.25, 0.3) is 44.0 Å². The number of phenols is 1. The highest BCUT2D eigenvalue weighted by atomic mass is 19.1. The maximum absolute atomic E-state index is 15.2. The van der Waals surface area contributed by atoms with E-state index in [0.717, 1.165) is 107 Å². The predicted molar refractivity (Wildman–Crippen MR) is 300 cm³/mol. The van der Waals surface area contributed by atoms with Gasteiger partial charge in [-0.15, -0.1) is 0 Å². The lowest BCUT2D eigenvalue weighted by Gasteiger charge is -2.56. The summed E-state index contributed by atoms with van der Waals surface area (Å²) < 4.78 is 31.2. The van der Waals surface area contributed by atoms with E-state index in [4.69, 9.17) is 24.4 Å². The largest absolute Gasteiger partial charge is 0.508 e. The van der Waals surface area contributed by atoms with Crippen LogP contribution in [0.4, 0.5) is 15.0 Å². The number of imide groups is 1. The molecule has 3 N–H and O–H groups in total. The molecule has 3 amide bonds. The standard InChI is InChI=1S/C61H73FN10O8/c1-4-43-46(62)9-7-39-27-42(73)29-44(53(39)43)47-30-48-45(33-63-47)54(70-21-5-16-59(2,78)35-70)66-56(64-48)80-36-61-17-6-22-71(61)40(13-18-61)34-79-58(77)69-25-19-60(20-26-69)31-41(32-60)68-23-14-37(15-24-68)38-8-10-49-51(28-38)67(3)57(76)72(49)50-11-12-52(74)65-55(50)75/h7-10,27-30,33,37,40-41,50,73,78H,4-6,11-26,31-32,34-36H2,1-3H3,(H,65,74,75)/t40-,50?,59+,61-/m0/s1. The summed E-state index contributed by atoms with van der Waals surface area (Å²) in [6, 6.07) is 14.6. The van der Waals surface area contributed by atoms with Crippen LogP contribution in [0.5, 0.6) is 11.8 Å². The molecule has 7 aliphatic rings. The average molecular weight is 1090 g/mol. The van der Waals surface area contributed by atoms with Gasteiger partial charge in [0.05, 0.1) is 38.8 Å². The molecule has 6 saturated heterocycles. The van der Waals surface area contributed by atoms with Gasteiger partial charge in [0.2, 0.25) is 11.8 Å². The number of aromatic hydroxyl groups is 1. The normalized spacial score (nSPS) is 25.9. The molecule has 18 nitrogen and oxygen atoms in total. The molecule has 1 aliphatic carbocycles. The highest BCUT2D eigenvalue weighted by molar-refractivity contribution is 6.02. The third-order valence-corrected chi connectivity index (χ3v) is 19.8. The molecule has 1 unspecified atom stereocenters. The van der Waals surface area contributed by atoms with E-state index in [1.807, 2.05) is 30.9 Å². The van der Waals surface area contributed by atoms with Crippen LogP contribution in [-0.2, 0) is 27.8 Å². The number of hydrogen-bond donors (Lipinski definition) is 3. The Kier molecular flexibility index (Phi) is 13.4. The van der Waals surface area contributed by atoms with Crippen molar-refractivity contribution in [3.05, 3.63) is 82.2 Å². The van der Waals surface area contributed by atoms with Crippen molar-refractivity contribution in [3.63, 3.8) is 0 Å². The van der Waals surface area contributed by atoms with Crippen LogP contribution in [0.15, 0.2) is 59.5 Å². The number of nitrogens with one attached hydrogen (secondary N) is 1. The van der Waals surface area contributed by atoms with E-state index in [-0.39, 0.29) is 58.7 Å². The number of nitrogens with zero attached hydrogens (tertiary/aromatic N) is 9. The number of halogens is 1. The minimum atomic E-state index is -0.903. The van der Waals surface area contributed by atoms with E-state index < -0.39 is 17.6 Å². The van der Waals surface area contributed by atoms with Gasteiger partial charge in [-0.2, -0.15) is 9.97 Å². The SMILES string of the molecule is CCc1c(F)ccc2cc(O)cc(-c3cc4nc(OC[C@@]56CCCN5[C@H](COC(=O)N5CCC7(CC5)CC(N5CCC(c8ccc9c(c8)n(C)c(=O)n9C8CCC(=O)NC8=O)CC5)C7)CC6)nc(N5CCC[C@@](C)(O)C5)c4cn3)c12. The first-order valence-corrected chi connectivity index (χ1v) is 29.3. The average Bonchev–Trinajstić information content (AvgIpc) is 4.24. The number of aryl methyl sites for hydroxylation is 2. The van der Waals surface area contributed by atoms with E-state index in [1.54, 1.807) is 40.6 Å². The first-order chi connectivity index (χ1) is 38.6. The number of aromatic nitrogens is 5. The Morgan fingerprint density at radius 1 is 0.887 bits per heavy atom. The number of ether oxygens (including phenoxy) is 2. The molecule has 4 atom stereocenters. The fourth-order valence-corrected chi connectivity index (χ4v) is 15.4. The summed E-state index contributed by atoms with van der Waals surface area (Å²) in [6.45, 7) is 9.89. The number of aliphatic hydroxyl groups is 1. The molecule has 1 spiro atoms. The lowest BCUT2D eigenvalue weighted by atomic mass is 9.59. The van der Waals surface area contributed by atoms with Crippen LogP contribution in [0.3, 0.4) is 0 Å². The van der Waals surface area contributed by atoms with E-state index >= 15 is 4.39 Å². The van der Waals surface area contributed by atoms with Gasteiger partial charge < -0.3 is 34.4 Å². The van der Waals surface area contributed by atoms with Crippen molar-refractivity contribution in [2.24, 2.45) is 12.5 Å². The molecule has 9 heterocycles. The van der Waals surface area contributed by atoms with Crippen LogP contribution in [0.2, 0.25) is 0 Å². The number of phenolic OH excluding ortho intramolecular Hbond substituents is 1. The van der Waals surface area contributed by atoms with Crippen molar-refractivity contribution >= 4 is 56.4 Å². The first-order valence-electron chi connectivity index (χ1n) is 29.3. The molecule has 13 rings (SSSR count). The molecule has 7 fully saturated rings. The number of carbonyl (C=O) groups is 3. The van der Waals surface area contributed by atoms with E-state index in [0.29, 0.717) is 110 Å². The minimum absolute atomic E-state index is 0.0538. The van der Waals surface area contributed by atoms with Crippen LogP contribution in [-0.4, -0.2) is 149 Å². The number of anilines is 1. The van der Waals surface area contributed by atoms with Crippen LogP contribution < -0.4 is 20.6 Å². The highest BCUT2D eigenvalue weighted by Crippen LogP contribution is 2.52. The zero-order valence-electron chi connectivity index (χ0n) is 46.2. The van der Waals surface area contributed by atoms with Gasteiger partial charge in [-0.1, -0.05) is 19.1 Å². The summed E-state index contributed by atoms with van der Waals surface area (Å²) in [4.78, 5) is 75.6. The minimum Gasteiger partial charge on any atom is -0.508 e. The molecule has 6 aliphatic heterocycles. The zero-order chi connectivity index (χ0) is 55.2. The van der Waals surface area contributed by atoms with Crippen LogP contribution in [0.1, 0.15) is 127 Å². The van der Waals surface area contributed by atoms with E-state index in [2.05, 4.69) is 32.1 Å². The molecule has 3 aromatic carbocycles. The predicted octanol–water partition coefficient (Wildman–Crippen LogP) is 7.87. The summed E-state index contributed by atoms with van der Waals surface area (Å²) in [5.41, 5.74) is 3.89. The molecule has 422 valence electrons. The Bertz CT molecular complexity index is 3500. The van der Waals surface area contributed by atoms with Gasteiger partial charge in [0.25, 0.3) is 0 Å². The highest BCUT2D eigenvalue weighted by Gasteiger charge is 2.52. The summed E-state index contributed by atoms with van der Waals surface area (Å²) in [6.07, 6.45) is 14.1. The summed E-state index contributed by atoms with van der Waals surface area (Å²) in [5, 5.41) is 26.5. The molecule has 3 aromatic heterocycles. The Hall–Kier alpha value is -6.70. The molecule has 6 aromatic rings. The van der Waals surface area contributed by atoms with Crippen molar-refractivity contribution in [2.45, 2.75) is 145 Å². The second kappa shape index (κ2) is 20.4. The number of likely N-dealkylation sites (tertiary alicyclic amines) is 2. The van der Waals surface area contributed by atoms with Gasteiger partial charge in [0.15, 0.2) is 0 Å². The zero-order valence-corrected chi connectivity index (χ0v) is 46.2. The van der Waals surface area contributed by atoms with E-state index in [1.165, 1.54) is 11.6 Å². The van der Waals surface area contributed by atoms with Gasteiger partial charge in [-0.3, -0.25) is 33.9 Å². The Labute approximate surface area is 464 Å². The number of β-amino-alcohol motifs (C(OH)–C–C–N with tert-alkyl or cyclic N) is 1. The molecule has 19 heteroatoms. The monoisotopic (exact) mass is 1090 g/mol. The van der Waals surface area contributed by atoms with Crippen molar-refractivity contribution in [3.8, 4) is 23.0 Å². The van der Waals surface area contributed by atoms with Crippen molar-refractivity contribution in [2.75, 3.05) is 63.9 Å². The van der Waals surface area contributed by atoms with E-state index in [9.17, 15) is 29.4 Å². The molecule has 0 radical (unpaired) electrons. The Morgan fingerprint density at radius 3 is 2.46 bits per heavy atom. The maximum Gasteiger partial charge on any atom is 0.409 e. The Balaban J connectivity index is 0.616. The quantitative estimate of drug-likeness (QED) is 0.106. The van der Waals surface area contributed by atoms with Gasteiger partial charge in [0.1, 0.15) is 36.6 Å². The molecular weight excluding hydrogens is 1020 g/mol. The topological polar surface area (TPSA) is 201 Å². The van der Waals surface area contributed by atoms with Gasteiger partial charge in [0, 0.05) is 63.5 Å². The number of pyridine rings is 1. The van der Waals surface area contributed by atoms with Crippen molar-refractivity contribution in [1.82, 2.24) is 44.1 Å². The number of hydrogen-bond acceptors (Lipinski definition) is 14. The molecule has 0 bridgehead atoms.